The molecular formula is C9H16S. The highest BCUT2D eigenvalue weighted by molar-refractivity contribution is 7.80. The van der Waals surface area contributed by atoms with Gasteiger partial charge in [0, 0.05) is 5.75 Å². The number of hydrogen-bond donors (Lipinski definition) is 1. The van der Waals surface area contributed by atoms with E-state index in [0.29, 0.717) is 0 Å². The normalized spacial score (nSPS) is 22.1. The zero-order chi connectivity index (χ0) is 7.23. The summed E-state index contributed by atoms with van der Waals surface area (Å²) in [5.41, 5.74) is 0. The molecule has 1 fully saturated rings. The molecule has 0 radical (unpaired) electrons. The van der Waals surface area contributed by atoms with Crippen molar-refractivity contribution in [3.8, 4) is 0 Å². The van der Waals surface area contributed by atoms with Gasteiger partial charge in [-0.25, -0.2) is 0 Å². The van der Waals surface area contributed by atoms with Crippen molar-refractivity contribution in [2.24, 2.45) is 5.92 Å². The van der Waals surface area contributed by atoms with Crippen LogP contribution in [0.2, 0.25) is 0 Å². The van der Waals surface area contributed by atoms with E-state index in [4.69, 9.17) is 0 Å². The monoisotopic (exact) mass is 156 g/mol. The molecule has 0 amide bonds. The van der Waals surface area contributed by atoms with E-state index < -0.39 is 0 Å². The molecule has 0 aromatic rings. The fourth-order valence-corrected chi connectivity index (χ4v) is 1.70. The zero-order valence-corrected chi connectivity index (χ0v) is 7.32. The second kappa shape index (κ2) is 4.84. The lowest BCUT2D eigenvalue weighted by Gasteiger charge is -2.17. The quantitative estimate of drug-likeness (QED) is 0.461. The van der Waals surface area contributed by atoms with Gasteiger partial charge in [0.05, 0.1) is 0 Å². The number of hydrogen-bond acceptors (Lipinski definition) is 1. The van der Waals surface area contributed by atoms with Gasteiger partial charge < -0.3 is 0 Å². The molecule has 1 aliphatic rings. The van der Waals surface area contributed by atoms with Crippen LogP contribution in [0.1, 0.15) is 32.1 Å². The Labute approximate surface area is 69.1 Å². The van der Waals surface area contributed by atoms with Gasteiger partial charge in [-0.2, -0.15) is 12.6 Å². The van der Waals surface area contributed by atoms with Crippen molar-refractivity contribution in [3.63, 3.8) is 0 Å². The molecule has 1 saturated carbocycles. The summed E-state index contributed by atoms with van der Waals surface area (Å²) in [7, 11) is 0. The lowest BCUT2D eigenvalue weighted by Crippen LogP contribution is -2.02. The number of thiol groups is 1. The van der Waals surface area contributed by atoms with Crippen molar-refractivity contribution >= 4 is 12.6 Å². The molecule has 0 N–H and O–H groups in total. The zero-order valence-electron chi connectivity index (χ0n) is 6.42. The van der Waals surface area contributed by atoms with Gasteiger partial charge in [0.15, 0.2) is 0 Å². The van der Waals surface area contributed by atoms with E-state index in [1.54, 1.807) is 0 Å². The van der Waals surface area contributed by atoms with Crippen LogP contribution in [0.5, 0.6) is 0 Å². The molecule has 1 heteroatoms. The minimum Gasteiger partial charge on any atom is -0.175 e. The van der Waals surface area contributed by atoms with E-state index in [9.17, 15) is 0 Å². The predicted octanol–water partition coefficient (Wildman–Crippen LogP) is 3.05. The third kappa shape index (κ3) is 2.78. The van der Waals surface area contributed by atoms with Crippen molar-refractivity contribution < 1.29 is 0 Å². The summed E-state index contributed by atoms with van der Waals surface area (Å²) in [6.07, 6.45) is 11.6. The predicted molar refractivity (Wildman–Crippen MR) is 49.6 cm³/mol. The first-order valence-electron chi connectivity index (χ1n) is 4.21. The van der Waals surface area contributed by atoms with Gasteiger partial charge in [-0.15, -0.1) is 0 Å². The highest BCUT2D eigenvalue weighted by Gasteiger charge is 2.08. The van der Waals surface area contributed by atoms with Crippen molar-refractivity contribution in [2.45, 2.75) is 32.1 Å². The summed E-state index contributed by atoms with van der Waals surface area (Å²) >= 11 is 4.13. The van der Waals surface area contributed by atoms with Crippen molar-refractivity contribution in [3.05, 3.63) is 12.2 Å². The molecule has 1 aliphatic carbocycles. The average molecular weight is 156 g/mol. The van der Waals surface area contributed by atoms with E-state index in [-0.39, 0.29) is 0 Å². The molecule has 10 heavy (non-hydrogen) atoms. The second-order valence-corrected chi connectivity index (χ2v) is 3.37. The number of allylic oxidation sites excluding steroid dienone is 1. The summed E-state index contributed by atoms with van der Waals surface area (Å²) in [5.74, 6) is 1.78. The van der Waals surface area contributed by atoms with E-state index in [0.717, 1.165) is 11.7 Å². The summed E-state index contributed by atoms with van der Waals surface area (Å²) in [5, 5.41) is 0. The van der Waals surface area contributed by atoms with Crippen LogP contribution in [0.4, 0.5) is 0 Å². The highest BCUT2D eigenvalue weighted by Crippen LogP contribution is 2.24. The molecule has 0 heterocycles. The van der Waals surface area contributed by atoms with Crippen LogP contribution in [0.3, 0.4) is 0 Å². The Morgan fingerprint density at radius 3 is 2.50 bits per heavy atom. The van der Waals surface area contributed by atoms with Crippen LogP contribution in [0, 0.1) is 5.92 Å². The Bertz CT molecular complexity index is 101. The summed E-state index contributed by atoms with van der Waals surface area (Å²) in [4.78, 5) is 0. The van der Waals surface area contributed by atoms with Crippen LogP contribution in [-0.4, -0.2) is 5.75 Å². The first-order chi connectivity index (χ1) is 4.93. The first-order valence-corrected chi connectivity index (χ1v) is 4.84. The summed E-state index contributed by atoms with van der Waals surface area (Å²) in [6.45, 7) is 0. The van der Waals surface area contributed by atoms with Gasteiger partial charge in [-0.3, -0.25) is 0 Å². The Hall–Kier alpha value is 0.0900. The average Bonchev–Trinajstić information content (AvgIpc) is 2.03. The van der Waals surface area contributed by atoms with Gasteiger partial charge >= 0.3 is 0 Å². The van der Waals surface area contributed by atoms with E-state index >= 15 is 0 Å². The van der Waals surface area contributed by atoms with E-state index in [1.807, 2.05) is 0 Å². The van der Waals surface area contributed by atoms with Crippen LogP contribution in [0.25, 0.3) is 0 Å². The molecule has 0 aliphatic heterocycles. The standard InChI is InChI=1S/C9H16S/c10-8-4-7-9-5-2-1-3-6-9/h4,7,9-10H,1-3,5-6,8H2/b7-4+. The van der Waals surface area contributed by atoms with Crippen molar-refractivity contribution in [1.29, 1.82) is 0 Å². The fraction of sp³-hybridized carbons (Fsp3) is 0.778. The molecule has 0 saturated heterocycles. The fourth-order valence-electron chi connectivity index (χ4n) is 1.58. The molecular weight excluding hydrogens is 140 g/mol. The minimum atomic E-state index is 0.876. The Morgan fingerprint density at radius 1 is 1.20 bits per heavy atom. The first kappa shape index (κ1) is 8.19. The second-order valence-electron chi connectivity index (χ2n) is 3.01. The SMILES string of the molecule is SC/C=C/C1CCCCC1. The molecule has 1 rings (SSSR count). The van der Waals surface area contributed by atoms with Gasteiger partial charge in [0.25, 0.3) is 0 Å². The third-order valence-corrected chi connectivity index (χ3v) is 2.37. The van der Waals surface area contributed by atoms with E-state index in [2.05, 4.69) is 24.8 Å². The van der Waals surface area contributed by atoms with Crippen LogP contribution in [0.15, 0.2) is 12.2 Å². The maximum Gasteiger partial charge on any atom is 0.00826 e. The van der Waals surface area contributed by atoms with Gasteiger partial charge in [0.1, 0.15) is 0 Å². The molecule has 0 bridgehead atoms. The van der Waals surface area contributed by atoms with Crippen LogP contribution >= 0.6 is 12.6 Å². The van der Waals surface area contributed by atoms with Gasteiger partial charge in [0.2, 0.25) is 0 Å². The Balaban J connectivity index is 2.19. The largest absolute Gasteiger partial charge is 0.175 e. The maximum atomic E-state index is 4.13. The summed E-state index contributed by atoms with van der Waals surface area (Å²) < 4.78 is 0. The molecule has 0 aromatic heterocycles. The lowest BCUT2D eigenvalue weighted by atomic mass is 9.89. The smallest absolute Gasteiger partial charge is 0.00826 e. The van der Waals surface area contributed by atoms with Gasteiger partial charge in [-0.05, 0) is 18.8 Å². The molecule has 0 unspecified atom stereocenters. The van der Waals surface area contributed by atoms with Gasteiger partial charge in [-0.1, -0.05) is 31.4 Å². The van der Waals surface area contributed by atoms with Crippen molar-refractivity contribution in [1.82, 2.24) is 0 Å². The number of rotatable bonds is 2. The Morgan fingerprint density at radius 2 is 1.90 bits per heavy atom. The summed E-state index contributed by atoms with van der Waals surface area (Å²) in [6, 6.07) is 0. The Kier molecular flexibility index (Phi) is 3.96. The molecule has 58 valence electrons. The molecule has 0 spiro atoms. The topological polar surface area (TPSA) is 0 Å². The van der Waals surface area contributed by atoms with E-state index in [1.165, 1.54) is 32.1 Å². The molecule has 0 nitrogen and oxygen atoms in total. The molecule has 0 atom stereocenters. The highest BCUT2D eigenvalue weighted by atomic mass is 32.1. The van der Waals surface area contributed by atoms with Crippen LogP contribution in [-0.2, 0) is 0 Å². The maximum absolute atomic E-state index is 4.13. The lowest BCUT2D eigenvalue weighted by molar-refractivity contribution is 0.419. The molecule has 0 aromatic carbocycles. The third-order valence-electron chi connectivity index (χ3n) is 2.16. The minimum absolute atomic E-state index is 0.876. The van der Waals surface area contributed by atoms with Crippen molar-refractivity contribution in [2.75, 3.05) is 5.75 Å². The van der Waals surface area contributed by atoms with Crippen LogP contribution < -0.4 is 0 Å².